The molecule has 0 fully saturated rings. The van der Waals surface area contributed by atoms with Crippen molar-refractivity contribution in [1.82, 2.24) is 14.9 Å². The molecule has 0 unspecified atom stereocenters. The summed E-state index contributed by atoms with van der Waals surface area (Å²) in [6, 6.07) is 9.91. The molecule has 0 aliphatic heterocycles. The molecule has 1 N–H and O–H groups in total. The number of benzene rings is 2. The van der Waals surface area contributed by atoms with Gasteiger partial charge in [-0.1, -0.05) is 17.7 Å². The molecule has 0 saturated heterocycles. The van der Waals surface area contributed by atoms with Gasteiger partial charge in [0.1, 0.15) is 5.82 Å². The van der Waals surface area contributed by atoms with Crippen LogP contribution in [0.4, 0.5) is 4.39 Å². The Hall–Kier alpha value is -2.40. The van der Waals surface area contributed by atoms with E-state index in [0.717, 1.165) is 22.7 Å². The molecule has 0 saturated carbocycles. The van der Waals surface area contributed by atoms with Crippen molar-refractivity contribution in [1.29, 1.82) is 0 Å². The number of carbonyl (C=O) groups is 1. The number of hydrogen-bond donors (Lipinski definition) is 1. The molecule has 2 aromatic carbocycles. The van der Waals surface area contributed by atoms with Crippen LogP contribution in [0.15, 0.2) is 42.7 Å². The van der Waals surface area contributed by atoms with Crippen molar-refractivity contribution in [3.63, 3.8) is 0 Å². The lowest BCUT2D eigenvalue weighted by Crippen LogP contribution is -2.23. The predicted molar refractivity (Wildman–Crippen MR) is 92.7 cm³/mol. The molecule has 1 amide bonds. The number of imidazole rings is 1. The van der Waals surface area contributed by atoms with E-state index in [1.165, 1.54) is 12.1 Å². The summed E-state index contributed by atoms with van der Waals surface area (Å²) in [7, 11) is 0. The third-order valence-electron chi connectivity index (χ3n) is 3.82. The van der Waals surface area contributed by atoms with Gasteiger partial charge < -0.3 is 9.88 Å². The lowest BCUT2D eigenvalue weighted by atomic mass is 10.1. The third kappa shape index (κ3) is 3.26. The fraction of sp³-hybridized carbons (Fsp3) is 0.222. The second-order valence-electron chi connectivity index (χ2n) is 5.88. The quantitative estimate of drug-likeness (QED) is 0.764. The topological polar surface area (TPSA) is 46.9 Å². The molecule has 0 bridgehead atoms. The molecule has 0 radical (unpaired) electrons. The number of nitrogens with one attached hydrogen (secondary N) is 1. The molecule has 0 aliphatic carbocycles. The van der Waals surface area contributed by atoms with E-state index in [1.807, 2.05) is 24.5 Å². The summed E-state index contributed by atoms with van der Waals surface area (Å²) in [4.78, 5) is 16.6. The second kappa shape index (κ2) is 6.61. The van der Waals surface area contributed by atoms with E-state index in [2.05, 4.69) is 28.7 Å². The highest BCUT2D eigenvalue weighted by Gasteiger charge is 2.12. The van der Waals surface area contributed by atoms with Crippen molar-refractivity contribution in [2.75, 3.05) is 0 Å². The van der Waals surface area contributed by atoms with Crippen LogP contribution in [-0.2, 0) is 6.54 Å². The van der Waals surface area contributed by atoms with Crippen LogP contribution >= 0.6 is 11.6 Å². The molecular weight excluding hydrogens is 329 g/mol. The van der Waals surface area contributed by atoms with Crippen LogP contribution in [0.1, 0.15) is 35.8 Å². The molecule has 0 aliphatic rings. The van der Waals surface area contributed by atoms with E-state index < -0.39 is 11.7 Å². The molecule has 3 aromatic rings. The molecule has 124 valence electrons. The number of halogens is 2. The second-order valence-corrected chi connectivity index (χ2v) is 6.28. The van der Waals surface area contributed by atoms with E-state index >= 15 is 0 Å². The monoisotopic (exact) mass is 345 g/mol. The average Bonchev–Trinajstić information content (AvgIpc) is 2.98. The lowest BCUT2D eigenvalue weighted by molar-refractivity contribution is 0.0950. The highest BCUT2D eigenvalue weighted by molar-refractivity contribution is 6.33. The van der Waals surface area contributed by atoms with Gasteiger partial charge in [0.25, 0.3) is 5.91 Å². The Kier molecular flexibility index (Phi) is 4.53. The summed E-state index contributed by atoms with van der Waals surface area (Å²) >= 11 is 5.94. The molecule has 1 heterocycles. The zero-order valence-corrected chi connectivity index (χ0v) is 14.1. The van der Waals surface area contributed by atoms with Crippen LogP contribution < -0.4 is 5.32 Å². The van der Waals surface area contributed by atoms with Crippen molar-refractivity contribution in [3.8, 4) is 0 Å². The molecule has 6 heteroatoms. The molecule has 3 rings (SSSR count). The van der Waals surface area contributed by atoms with Crippen LogP contribution in [-0.4, -0.2) is 15.5 Å². The number of hydrogen-bond acceptors (Lipinski definition) is 2. The van der Waals surface area contributed by atoms with Crippen molar-refractivity contribution in [2.45, 2.75) is 26.4 Å². The van der Waals surface area contributed by atoms with Crippen LogP contribution in [0.3, 0.4) is 0 Å². The molecule has 4 nitrogen and oxygen atoms in total. The number of rotatable bonds is 4. The van der Waals surface area contributed by atoms with Gasteiger partial charge in [0.05, 0.1) is 27.9 Å². The van der Waals surface area contributed by atoms with E-state index in [4.69, 9.17) is 11.6 Å². The number of aromatic nitrogens is 2. The van der Waals surface area contributed by atoms with Gasteiger partial charge in [0, 0.05) is 12.6 Å². The Labute approximate surface area is 144 Å². The molecular formula is C18H17ClFN3O. The number of nitrogens with zero attached hydrogens (tertiary/aromatic N) is 2. The van der Waals surface area contributed by atoms with Gasteiger partial charge in [-0.05, 0) is 49.7 Å². The van der Waals surface area contributed by atoms with Crippen molar-refractivity contribution in [2.24, 2.45) is 0 Å². The van der Waals surface area contributed by atoms with Crippen LogP contribution in [0.2, 0.25) is 5.02 Å². The molecule has 24 heavy (non-hydrogen) atoms. The minimum Gasteiger partial charge on any atom is -0.348 e. The summed E-state index contributed by atoms with van der Waals surface area (Å²) in [6.07, 6.45) is 1.81. The molecule has 1 aromatic heterocycles. The predicted octanol–water partition coefficient (Wildman–Crippen LogP) is 4.34. The summed E-state index contributed by atoms with van der Waals surface area (Å²) in [5.74, 6) is -0.905. The highest BCUT2D eigenvalue weighted by atomic mass is 35.5. The maximum absolute atomic E-state index is 13.3. The van der Waals surface area contributed by atoms with Crippen LogP contribution in [0, 0.1) is 5.82 Å². The summed E-state index contributed by atoms with van der Waals surface area (Å²) < 4.78 is 15.4. The van der Waals surface area contributed by atoms with Crippen molar-refractivity contribution < 1.29 is 9.18 Å². The van der Waals surface area contributed by atoms with Gasteiger partial charge in [-0.3, -0.25) is 4.79 Å². The number of carbonyl (C=O) groups excluding carboxylic acids is 1. The maximum Gasteiger partial charge on any atom is 0.253 e. The Morgan fingerprint density at radius 3 is 2.83 bits per heavy atom. The van der Waals surface area contributed by atoms with E-state index in [0.29, 0.717) is 12.6 Å². The molecule has 0 atom stereocenters. The Morgan fingerprint density at radius 1 is 1.29 bits per heavy atom. The van der Waals surface area contributed by atoms with E-state index in [9.17, 15) is 9.18 Å². The minimum atomic E-state index is -0.495. The first-order valence-corrected chi connectivity index (χ1v) is 8.02. The molecule has 0 spiro atoms. The number of amides is 1. The smallest absolute Gasteiger partial charge is 0.253 e. The van der Waals surface area contributed by atoms with Gasteiger partial charge in [-0.2, -0.15) is 0 Å². The van der Waals surface area contributed by atoms with Gasteiger partial charge in [0.2, 0.25) is 0 Å². The largest absolute Gasteiger partial charge is 0.348 e. The SMILES string of the molecule is CC(C)n1cnc2cc(CNC(=O)c3cc(F)ccc3Cl)ccc21. The standard InChI is InChI=1S/C18H17ClFN3O/c1-11(2)23-10-22-16-7-12(3-6-17(16)23)9-21-18(24)14-8-13(20)4-5-15(14)19/h3-8,10-11H,9H2,1-2H3,(H,21,24). The zero-order chi connectivity index (χ0) is 17.3. The Balaban J connectivity index is 1.76. The first-order chi connectivity index (χ1) is 11.5. The summed E-state index contributed by atoms with van der Waals surface area (Å²) in [6.45, 7) is 4.51. The number of fused-ring (bicyclic) bond motifs is 1. The van der Waals surface area contributed by atoms with Crippen molar-refractivity contribution in [3.05, 3.63) is 64.7 Å². The van der Waals surface area contributed by atoms with Gasteiger partial charge in [0.15, 0.2) is 0 Å². The van der Waals surface area contributed by atoms with Crippen LogP contribution in [0.25, 0.3) is 11.0 Å². The van der Waals surface area contributed by atoms with Gasteiger partial charge in [-0.15, -0.1) is 0 Å². The zero-order valence-electron chi connectivity index (χ0n) is 13.4. The fourth-order valence-electron chi connectivity index (χ4n) is 2.55. The highest BCUT2D eigenvalue weighted by Crippen LogP contribution is 2.20. The van der Waals surface area contributed by atoms with Crippen LogP contribution in [0.5, 0.6) is 0 Å². The summed E-state index contributed by atoms with van der Waals surface area (Å²) in [5, 5.41) is 2.98. The first-order valence-electron chi connectivity index (χ1n) is 7.64. The Morgan fingerprint density at radius 2 is 2.08 bits per heavy atom. The maximum atomic E-state index is 13.3. The van der Waals surface area contributed by atoms with E-state index in [-0.39, 0.29) is 10.6 Å². The minimum absolute atomic E-state index is 0.127. The first kappa shape index (κ1) is 16.5. The average molecular weight is 346 g/mol. The normalized spacial score (nSPS) is 11.2. The van der Waals surface area contributed by atoms with E-state index in [1.54, 1.807) is 0 Å². The fourth-order valence-corrected chi connectivity index (χ4v) is 2.75. The lowest BCUT2D eigenvalue weighted by Gasteiger charge is -2.09. The third-order valence-corrected chi connectivity index (χ3v) is 4.15. The van der Waals surface area contributed by atoms with Crippen molar-refractivity contribution >= 4 is 28.5 Å². The summed E-state index contributed by atoms with van der Waals surface area (Å²) in [5.41, 5.74) is 2.96. The van der Waals surface area contributed by atoms with Gasteiger partial charge >= 0.3 is 0 Å². The Bertz CT molecular complexity index is 904. The van der Waals surface area contributed by atoms with Gasteiger partial charge in [-0.25, -0.2) is 9.37 Å².